The molecule has 0 radical (unpaired) electrons. The van der Waals surface area contributed by atoms with Crippen molar-refractivity contribution in [1.82, 2.24) is 10.2 Å². The van der Waals surface area contributed by atoms with E-state index in [1.807, 2.05) is 18.2 Å². The van der Waals surface area contributed by atoms with Gasteiger partial charge in [0.1, 0.15) is 0 Å². The first-order chi connectivity index (χ1) is 10.1. The summed E-state index contributed by atoms with van der Waals surface area (Å²) in [7, 11) is 0. The summed E-state index contributed by atoms with van der Waals surface area (Å²) in [5.41, 5.74) is 1.12. The largest absolute Gasteiger partial charge is 0.374 e. The van der Waals surface area contributed by atoms with Gasteiger partial charge in [0.15, 0.2) is 0 Å². The summed E-state index contributed by atoms with van der Waals surface area (Å²) in [6.07, 6.45) is 0.00496. The van der Waals surface area contributed by atoms with Gasteiger partial charge >= 0.3 is 0 Å². The lowest BCUT2D eigenvalue weighted by molar-refractivity contribution is -0.119. The van der Waals surface area contributed by atoms with Crippen molar-refractivity contribution >= 4 is 41.7 Å². The molecule has 2 rings (SSSR count). The summed E-state index contributed by atoms with van der Waals surface area (Å²) in [5.74, 6) is 0.114. The number of rotatable bonds is 5. The summed E-state index contributed by atoms with van der Waals surface area (Å²) in [4.78, 5) is 13.5. The lowest BCUT2D eigenvalue weighted by atomic mass is 10.2. The average Bonchev–Trinajstić information content (AvgIpc) is 2.49. The molecule has 0 bridgehead atoms. The first kappa shape index (κ1) is 16.9. The highest BCUT2D eigenvalue weighted by Crippen LogP contribution is 2.23. The lowest BCUT2D eigenvalue weighted by Gasteiger charge is -2.33. The summed E-state index contributed by atoms with van der Waals surface area (Å²) in [5, 5.41) is 3.93. The van der Waals surface area contributed by atoms with Gasteiger partial charge in [0.05, 0.1) is 28.5 Å². The van der Waals surface area contributed by atoms with Crippen LogP contribution in [0.25, 0.3) is 0 Å². The maximum atomic E-state index is 11.2. The molecule has 0 spiro atoms. The Balaban J connectivity index is 1.85. The Bertz CT molecular complexity index is 502. The Hall–Kier alpha value is -0.460. The lowest BCUT2D eigenvalue weighted by Crippen LogP contribution is -2.47. The summed E-state index contributed by atoms with van der Waals surface area (Å²) < 4.78 is 5.66. The minimum Gasteiger partial charge on any atom is -0.374 e. The zero-order valence-electron chi connectivity index (χ0n) is 11.5. The molecule has 1 saturated heterocycles. The van der Waals surface area contributed by atoms with Crippen LogP contribution >= 0.6 is 35.8 Å². The molecule has 0 aliphatic carbocycles. The molecule has 116 valence electrons. The topological polar surface area (TPSA) is 41.6 Å². The van der Waals surface area contributed by atoms with E-state index in [1.165, 1.54) is 0 Å². The molecular weight excluding hydrogens is 331 g/mol. The van der Waals surface area contributed by atoms with Crippen LogP contribution in [0.5, 0.6) is 0 Å². The molecule has 4 nitrogen and oxygen atoms in total. The van der Waals surface area contributed by atoms with Crippen LogP contribution in [0.3, 0.4) is 0 Å². The molecular formula is C14H18Cl2N2O2S. The number of amides is 1. The number of nitrogens with one attached hydrogen (secondary N) is 1. The Kier molecular flexibility index (Phi) is 6.64. The minimum absolute atomic E-state index is 0.00496. The average molecular weight is 349 g/mol. The number of benzene rings is 1. The van der Waals surface area contributed by atoms with E-state index >= 15 is 0 Å². The van der Waals surface area contributed by atoms with Gasteiger partial charge in [-0.1, -0.05) is 29.3 Å². The van der Waals surface area contributed by atoms with E-state index in [0.717, 1.165) is 25.2 Å². The molecule has 1 aliphatic heterocycles. The second-order valence-electron chi connectivity index (χ2n) is 4.94. The van der Waals surface area contributed by atoms with Crippen molar-refractivity contribution in [2.24, 2.45) is 0 Å². The maximum Gasteiger partial charge on any atom is 0.229 e. The van der Waals surface area contributed by atoms with Gasteiger partial charge in [0, 0.05) is 26.2 Å². The number of nitrogens with zero attached hydrogens (tertiary/aromatic N) is 1. The van der Waals surface area contributed by atoms with Gasteiger partial charge in [0.25, 0.3) is 0 Å². The number of carbonyl (C=O) groups is 1. The van der Waals surface area contributed by atoms with Crippen LogP contribution < -0.4 is 5.32 Å². The quantitative estimate of drug-likeness (QED) is 0.802. The van der Waals surface area contributed by atoms with Gasteiger partial charge in [-0.25, -0.2) is 0 Å². The van der Waals surface area contributed by atoms with Crippen molar-refractivity contribution in [1.29, 1.82) is 0 Å². The fraction of sp³-hybridized carbons (Fsp3) is 0.500. The van der Waals surface area contributed by atoms with Gasteiger partial charge < -0.3 is 10.1 Å². The second-order valence-corrected chi connectivity index (χ2v) is 6.07. The van der Waals surface area contributed by atoms with Crippen molar-refractivity contribution < 1.29 is 9.53 Å². The monoisotopic (exact) mass is 348 g/mol. The fourth-order valence-corrected chi connectivity index (χ4v) is 2.66. The number of ether oxygens (including phenoxy) is 1. The Labute approximate surface area is 140 Å². The summed E-state index contributed by atoms with van der Waals surface area (Å²) in [6.45, 7) is 3.58. The van der Waals surface area contributed by atoms with Crippen LogP contribution in [0.15, 0.2) is 18.2 Å². The van der Waals surface area contributed by atoms with Crippen LogP contribution in [-0.4, -0.2) is 48.9 Å². The zero-order valence-corrected chi connectivity index (χ0v) is 13.9. The number of morpholine rings is 1. The second kappa shape index (κ2) is 8.25. The number of thiol groups is 1. The van der Waals surface area contributed by atoms with E-state index in [-0.39, 0.29) is 17.8 Å². The standard InChI is InChI=1S/C14H18Cl2N2O2S/c15-12-2-1-10(5-13(12)16)7-18-3-4-20-11(8-18)6-17-14(19)9-21/h1-2,5,11,21H,3-4,6-9H2,(H,17,19). The number of hydrogen-bond acceptors (Lipinski definition) is 4. The smallest absolute Gasteiger partial charge is 0.229 e. The highest BCUT2D eigenvalue weighted by atomic mass is 35.5. The Morgan fingerprint density at radius 1 is 1.43 bits per heavy atom. The molecule has 0 saturated carbocycles. The van der Waals surface area contributed by atoms with E-state index in [2.05, 4.69) is 22.8 Å². The van der Waals surface area contributed by atoms with Crippen LogP contribution in [0.1, 0.15) is 5.56 Å². The summed E-state index contributed by atoms with van der Waals surface area (Å²) in [6, 6.07) is 5.67. The van der Waals surface area contributed by atoms with E-state index in [9.17, 15) is 4.79 Å². The van der Waals surface area contributed by atoms with Crippen LogP contribution in [0.2, 0.25) is 10.0 Å². The number of halogens is 2. The highest BCUT2D eigenvalue weighted by Gasteiger charge is 2.21. The molecule has 1 aliphatic rings. The predicted molar refractivity (Wildman–Crippen MR) is 88.3 cm³/mol. The maximum absolute atomic E-state index is 11.2. The molecule has 1 unspecified atom stereocenters. The number of carbonyl (C=O) groups excluding carboxylic acids is 1. The van der Waals surface area contributed by atoms with Crippen LogP contribution in [0.4, 0.5) is 0 Å². The van der Waals surface area contributed by atoms with E-state index < -0.39 is 0 Å². The first-order valence-corrected chi connectivity index (χ1v) is 8.12. The molecule has 1 fully saturated rings. The van der Waals surface area contributed by atoms with Gasteiger partial charge in [0.2, 0.25) is 5.91 Å². The van der Waals surface area contributed by atoms with Crippen LogP contribution in [-0.2, 0) is 16.1 Å². The van der Waals surface area contributed by atoms with E-state index in [4.69, 9.17) is 27.9 Å². The molecule has 1 amide bonds. The normalized spacial score (nSPS) is 19.5. The molecule has 7 heteroatoms. The third kappa shape index (κ3) is 5.34. The first-order valence-electron chi connectivity index (χ1n) is 6.74. The Morgan fingerprint density at radius 2 is 2.24 bits per heavy atom. The van der Waals surface area contributed by atoms with E-state index in [1.54, 1.807) is 0 Å². The highest BCUT2D eigenvalue weighted by molar-refractivity contribution is 7.81. The van der Waals surface area contributed by atoms with Gasteiger partial charge in [-0.3, -0.25) is 9.69 Å². The minimum atomic E-state index is -0.0801. The van der Waals surface area contributed by atoms with Crippen molar-refractivity contribution in [3.05, 3.63) is 33.8 Å². The Morgan fingerprint density at radius 3 is 2.95 bits per heavy atom. The van der Waals surface area contributed by atoms with Gasteiger partial charge in [-0.2, -0.15) is 12.6 Å². The third-order valence-electron chi connectivity index (χ3n) is 3.28. The van der Waals surface area contributed by atoms with Crippen molar-refractivity contribution in [3.63, 3.8) is 0 Å². The van der Waals surface area contributed by atoms with E-state index in [0.29, 0.717) is 23.2 Å². The molecule has 21 heavy (non-hydrogen) atoms. The fourth-order valence-electron chi connectivity index (χ4n) is 2.23. The predicted octanol–water partition coefficient (Wildman–Crippen LogP) is 2.24. The molecule has 1 atom stereocenters. The molecule has 1 heterocycles. The van der Waals surface area contributed by atoms with Crippen LogP contribution in [0, 0.1) is 0 Å². The van der Waals surface area contributed by atoms with Gasteiger partial charge in [-0.05, 0) is 17.7 Å². The third-order valence-corrected chi connectivity index (χ3v) is 4.31. The van der Waals surface area contributed by atoms with Crippen molar-refractivity contribution in [3.8, 4) is 0 Å². The molecule has 1 aromatic rings. The summed E-state index contributed by atoms with van der Waals surface area (Å²) >= 11 is 15.9. The van der Waals surface area contributed by atoms with Crippen molar-refractivity contribution in [2.75, 3.05) is 32.0 Å². The SMILES string of the molecule is O=C(CS)NCC1CN(Cc2ccc(Cl)c(Cl)c2)CCO1. The molecule has 1 aromatic carbocycles. The zero-order chi connectivity index (χ0) is 15.2. The van der Waals surface area contributed by atoms with Gasteiger partial charge in [-0.15, -0.1) is 0 Å². The van der Waals surface area contributed by atoms with Crippen molar-refractivity contribution in [2.45, 2.75) is 12.6 Å². The molecule has 1 N–H and O–H groups in total. The number of hydrogen-bond donors (Lipinski definition) is 2. The molecule has 0 aromatic heterocycles.